The molecule has 0 aliphatic heterocycles. The average Bonchev–Trinajstić information content (AvgIpc) is 2.57. The van der Waals surface area contributed by atoms with Crippen molar-refractivity contribution in [2.24, 2.45) is 15.0 Å². The molecule has 0 amide bonds. The molecule has 0 aliphatic rings. The molecule has 2 aromatic carbocycles. The number of isocyanates is 3. The second kappa shape index (κ2) is 7.41. The SMILES string of the molecule is O=C=NC(N=C=O)(N=C=O)c1ccccc1Oc1ccccc1. The van der Waals surface area contributed by atoms with Crippen LogP contribution in [0.5, 0.6) is 11.5 Å². The number of ether oxygens (including phenoxy) is 1. The Morgan fingerprint density at radius 1 is 0.739 bits per heavy atom. The van der Waals surface area contributed by atoms with Crippen LogP contribution in [0.15, 0.2) is 69.6 Å². The first-order chi connectivity index (χ1) is 11.3. The molecule has 0 saturated carbocycles. The smallest absolute Gasteiger partial charge is 0.307 e. The van der Waals surface area contributed by atoms with Gasteiger partial charge in [-0.15, -0.1) is 15.0 Å². The Labute approximate surface area is 130 Å². The monoisotopic (exact) mass is 307 g/mol. The van der Waals surface area contributed by atoms with Gasteiger partial charge in [0.1, 0.15) is 11.5 Å². The van der Waals surface area contributed by atoms with Gasteiger partial charge in [0.25, 0.3) is 0 Å². The molecule has 0 N–H and O–H groups in total. The largest absolute Gasteiger partial charge is 0.457 e. The molecule has 112 valence electrons. The van der Waals surface area contributed by atoms with Crippen LogP contribution >= 0.6 is 0 Å². The van der Waals surface area contributed by atoms with E-state index in [2.05, 4.69) is 15.0 Å². The Bertz CT molecular complexity index is 786. The van der Waals surface area contributed by atoms with Gasteiger partial charge in [-0.1, -0.05) is 30.3 Å². The summed E-state index contributed by atoms with van der Waals surface area (Å²) in [5, 5.41) is 0. The number of carbonyl (C=O) groups excluding carboxylic acids is 3. The van der Waals surface area contributed by atoms with Crippen LogP contribution < -0.4 is 4.74 Å². The van der Waals surface area contributed by atoms with E-state index in [-0.39, 0.29) is 11.3 Å². The van der Waals surface area contributed by atoms with Gasteiger partial charge in [0.15, 0.2) is 0 Å². The zero-order valence-electron chi connectivity index (χ0n) is 11.7. The summed E-state index contributed by atoms with van der Waals surface area (Å²) in [6.45, 7) is 0. The van der Waals surface area contributed by atoms with E-state index in [0.717, 1.165) is 0 Å². The second-order valence-corrected chi connectivity index (χ2v) is 4.16. The molecule has 0 heterocycles. The predicted molar refractivity (Wildman–Crippen MR) is 79.0 cm³/mol. The average molecular weight is 307 g/mol. The van der Waals surface area contributed by atoms with Crippen molar-refractivity contribution in [1.29, 1.82) is 0 Å². The van der Waals surface area contributed by atoms with Gasteiger partial charge in [-0.3, -0.25) is 0 Å². The van der Waals surface area contributed by atoms with Gasteiger partial charge in [0.05, 0.1) is 5.56 Å². The molecule has 0 fully saturated rings. The maximum atomic E-state index is 10.7. The third kappa shape index (κ3) is 3.53. The van der Waals surface area contributed by atoms with Gasteiger partial charge in [-0.05, 0) is 24.3 Å². The number of benzene rings is 2. The maximum Gasteiger partial charge on any atom is 0.307 e. The fourth-order valence-corrected chi connectivity index (χ4v) is 1.89. The Morgan fingerprint density at radius 3 is 1.83 bits per heavy atom. The first kappa shape index (κ1) is 15.8. The van der Waals surface area contributed by atoms with Gasteiger partial charge >= 0.3 is 5.79 Å². The van der Waals surface area contributed by atoms with E-state index in [1.165, 1.54) is 24.3 Å². The van der Waals surface area contributed by atoms with Crippen molar-refractivity contribution in [3.63, 3.8) is 0 Å². The fraction of sp³-hybridized carbons (Fsp3) is 0.0625. The molecular formula is C16H9N3O4. The van der Waals surface area contributed by atoms with Crippen LogP contribution in [0.2, 0.25) is 0 Å². The zero-order valence-corrected chi connectivity index (χ0v) is 11.7. The first-order valence-corrected chi connectivity index (χ1v) is 6.35. The second-order valence-electron chi connectivity index (χ2n) is 4.16. The third-order valence-electron chi connectivity index (χ3n) is 2.82. The van der Waals surface area contributed by atoms with Crippen molar-refractivity contribution >= 4 is 18.2 Å². The fourth-order valence-electron chi connectivity index (χ4n) is 1.89. The summed E-state index contributed by atoms with van der Waals surface area (Å²) in [4.78, 5) is 42.2. The minimum Gasteiger partial charge on any atom is -0.457 e. The summed E-state index contributed by atoms with van der Waals surface area (Å²) in [6, 6.07) is 15.0. The molecule has 2 aromatic rings. The van der Waals surface area contributed by atoms with Crippen molar-refractivity contribution in [1.82, 2.24) is 0 Å². The number of hydrogen-bond acceptors (Lipinski definition) is 7. The van der Waals surface area contributed by atoms with E-state index in [9.17, 15) is 14.4 Å². The Hall–Kier alpha value is -3.62. The van der Waals surface area contributed by atoms with E-state index in [1.807, 2.05) is 6.07 Å². The van der Waals surface area contributed by atoms with Crippen LogP contribution in [0, 0.1) is 0 Å². The van der Waals surface area contributed by atoms with Gasteiger partial charge in [0.2, 0.25) is 18.2 Å². The molecule has 0 saturated heterocycles. The van der Waals surface area contributed by atoms with E-state index in [1.54, 1.807) is 42.5 Å². The molecule has 0 aromatic heterocycles. The zero-order chi connectivity index (χ0) is 16.5. The Kier molecular flexibility index (Phi) is 5.08. The van der Waals surface area contributed by atoms with Gasteiger partial charge < -0.3 is 4.74 Å². The molecule has 0 spiro atoms. The molecule has 7 heteroatoms. The number of rotatable bonds is 6. The summed E-state index contributed by atoms with van der Waals surface area (Å²) >= 11 is 0. The van der Waals surface area contributed by atoms with Crippen molar-refractivity contribution in [2.45, 2.75) is 5.79 Å². The highest BCUT2D eigenvalue weighted by atomic mass is 16.5. The summed E-state index contributed by atoms with van der Waals surface area (Å²) < 4.78 is 5.69. The van der Waals surface area contributed by atoms with Crippen LogP contribution in [0.1, 0.15) is 5.56 Å². The quantitative estimate of drug-likeness (QED) is 0.605. The van der Waals surface area contributed by atoms with Gasteiger partial charge in [-0.25, -0.2) is 14.4 Å². The lowest BCUT2D eigenvalue weighted by molar-refractivity contribution is 0.424. The van der Waals surface area contributed by atoms with Crippen molar-refractivity contribution in [3.05, 3.63) is 60.2 Å². The summed E-state index contributed by atoms with van der Waals surface area (Å²) in [5.41, 5.74) is 0.0962. The summed E-state index contributed by atoms with van der Waals surface area (Å²) in [7, 11) is 0. The molecule has 7 nitrogen and oxygen atoms in total. The Morgan fingerprint density at radius 2 is 1.26 bits per heavy atom. The van der Waals surface area contributed by atoms with Gasteiger partial charge in [-0.2, -0.15) is 0 Å². The van der Waals surface area contributed by atoms with Crippen LogP contribution in [-0.2, 0) is 20.2 Å². The lowest BCUT2D eigenvalue weighted by Crippen LogP contribution is -2.19. The van der Waals surface area contributed by atoms with Crippen molar-refractivity contribution in [3.8, 4) is 11.5 Å². The lowest BCUT2D eigenvalue weighted by atomic mass is 10.1. The molecule has 0 atom stereocenters. The van der Waals surface area contributed by atoms with E-state index >= 15 is 0 Å². The Balaban J connectivity index is 2.63. The number of aliphatic imine (C=N–C) groups is 3. The molecular weight excluding hydrogens is 298 g/mol. The highest BCUT2D eigenvalue weighted by Gasteiger charge is 2.35. The van der Waals surface area contributed by atoms with Crippen molar-refractivity contribution < 1.29 is 19.1 Å². The van der Waals surface area contributed by atoms with Crippen LogP contribution in [0.4, 0.5) is 0 Å². The number of para-hydroxylation sites is 2. The number of nitrogens with zero attached hydrogens (tertiary/aromatic N) is 3. The minimum atomic E-state index is -2.16. The molecule has 2 rings (SSSR count). The maximum absolute atomic E-state index is 10.7. The molecule has 0 unspecified atom stereocenters. The standard InChI is InChI=1S/C16H9N3O4/c20-10-17-16(18-11-21,19-12-22)14-8-4-5-9-15(14)23-13-6-2-1-3-7-13/h1-9H. The molecule has 0 aliphatic carbocycles. The molecule has 23 heavy (non-hydrogen) atoms. The topological polar surface area (TPSA) is 97.5 Å². The van der Waals surface area contributed by atoms with Crippen LogP contribution in [0.3, 0.4) is 0 Å². The van der Waals surface area contributed by atoms with E-state index in [4.69, 9.17) is 4.74 Å². The highest BCUT2D eigenvalue weighted by Crippen LogP contribution is 2.37. The van der Waals surface area contributed by atoms with E-state index < -0.39 is 5.79 Å². The number of hydrogen-bond donors (Lipinski definition) is 0. The van der Waals surface area contributed by atoms with Crippen LogP contribution in [-0.4, -0.2) is 18.2 Å². The minimum absolute atomic E-state index is 0.0962. The normalized spacial score (nSPS) is 11.8. The third-order valence-corrected chi connectivity index (χ3v) is 2.82. The van der Waals surface area contributed by atoms with Crippen molar-refractivity contribution in [2.75, 3.05) is 0 Å². The van der Waals surface area contributed by atoms with Crippen LogP contribution in [0.25, 0.3) is 0 Å². The highest BCUT2D eigenvalue weighted by molar-refractivity contribution is 5.50. The predicted octanol–water partition coefficient (Wildman–Crippen LogP) is 2.60. The first-order valence-electron chi connectivity index (χ1n) is 6.35. The molecule has 0 bridgehead atoms. The molecule has 0 radical (unpaired) electrons. The summed E-state index contributed by atoms with van der Waals surface area (Å²) in [5.74, 6) is -1.46. The lowest BCUT2D eigenvalue weighted by Gasteiger charge is -2.19. The van der Waals surface area contributed by atoms with E-state index in [0.29, 0.717) is 5.75 Å². The van der Waals surface area contributed by atoms with Gasteiger partial charge in [0, 0.05) is 0 Å². The summed E-state index contributed by atoms with van der Waals surface area (Å²) in [6.07, 6.45) is 3.73.